The number of imidazole rings is 1. The molecule has 8 heteroatoms. The van der Waals surface area contributed by atoms with Crippen LogP contribution in [0.4, 0.5) is 5.69 Å². The van der Waals surface area contributed by atoms with Gasteiger partial charge in [0.15, 0.2) is 4.96 Å². The van der Waals surface area contributed by atoms with Gasteiger partial charge in [0.1, 0.15) is 4.88 Å². The third-order valence-corrected chi connectivity index (χ3v) is 5.94. The predicted octanol–water partition coefficient (Wildman–Crippen LogP) is 5.08. The van der Waals surface area contributed by atoms with E-state index in [0.717, 1.165) is 17.0 Å². The second-order valence-corrected chi connectivity index (χ2v) is 8.00. The molecule has 2 N–H and O–H groups in total. The summed E-state index contributed by atoms with van der Waals surface area (Å²) in [5.74, 6) is -1.47. The van der Waals surface area contributed by atoms with Gasteiger partial charge < -0.3 is 10.4 Å². The third-order valence-electron chi connectivity index (χ3n) is 4.29. The molecule has 28 heavy (non-hydrogen) atoms. The summed E-state index contributed by atoms with van der Waals surface area (Å²) < 4.78 is 2.50. The number of carboxylic acids is 1. The van der Waals surface area contributed by atoms with Crippen LogP contribution in [-0.4, -0.2) is 26.4 Å². The number of aromatic carboxylic acids is 1. The second-order valence-electron chi connectivity index (χ2n) is 6.11. The predicted molar refractivity (Wildman–Crippen MR) is 112 cm³/mol. The van der Waals surface area contributed by atoms with Gasteiger partial charge in [-0.1, -0.05) is 57.6 Å². The van der Waals surface area contributed by atoms with Crippen LogP contribution < -0.4 is 5.32 Å². The highest BCUT2D eigenvalue weighted by Gasteiger charge is 2.20. The highest BCUT2D eigenvalue weighted by molar-refractivity contribution is 9.10. The Hall–Kier alpha value is -2.97. The lowest BCUT2D eigenvalue weighted by Gasteiger charge is -2.08. The standard InChI is InChI=1S/C20H14BrN3O3S/c1-11-17(18(25)22-15-8-7-13(21)9-14(15)19(26)27)28-20-23-16(10-24(11)20)12-5-3-2-4-6-12/h2-10H,1H3,(H,22,25)(H,26,27). The number of thiazole rings is 1. The van der Waals surface area contributed by atoms with Crippen molar-refractivity contribution in [1.82, 2.24) is 9.38 Å². The number of carboxylic acid groups (broad SMARTS) is 1. The first-order valence-corrected chi connectivity index (χ1v) is 9.93. The fraction of sp³-hybridized carbons (Fsp3) is 0.0500. The summed E-state index contributed by atoms with van der Waals surface area (Å²) in [7, 11) is 0. The van der Waals surface area contributed by atoms with Gasteiger partial charge in [-0.05, 0) is 25.1 Å². The number of amides is 1. The Bertz CT molecular complexity index is 1210. The van der Waals surface area contributed by atoms with Gasteiger partial charge in [-0.3, -0.25) is 9.20 Å². The van der Waals surface area contributed by atoms with Crippen LogP contribution in [0.2, 0.25) is 0 Å². The van der Waals surface area contributed by atoms with Crippen molar-refractivity contribution < 1.29 is 14.7 Å². The van der Waals surface area contributed by atoms with Gasteiger partial charge in [0, 0.05) is 21.9 Å². The zero-order chi connectivity index (χ0) is 19.8. The van der Waals surface area contributed by atoms with Crippen LogP contribution in [0, 0.1) is 6.92 Å². The van der Waals surface area contributed by atoms with Crippen LogP contribution in [-0.2, 0) is 0 Å². The first-order chi connectivity index (χ1) is 13.4. The van der Waals surface area contributed by atoms with Crippen LogP contribution in [0.3, 0.4) is 0 Å². The highest BCUT2D eigenvalue weighted by atomic mass is 79.9. The van der Waals surface area contributed by atoms with Gasteiger partial charge in [0.2, 0.25) is 0 Å². The van der Waals surface area contributed by atoms with Gasteiger partial charge in [0.05, 0.1) is 16.9 Å². The number of hydrogen-bond donors (Lipinski definition) is 2. The number of halogens is 1. The largest absolute Gasteiger partial charge is 0.478 e. The Labute approximate surface area is 172 Å². The van der Waals surface area contributed by atoms with Gasteiger partial charge in [-0.2, -0.15) is 0 Å². The molecule has 0 aliphatic rings. The molecule has 0 fully saturated rings. The lowest BCUT2D eigenvalue weighted by Crippen LogP contribution is -2.15. The number of aromatic nitrogens is 2. The first kappa shape index (κ1) is 18.4. The molecule has 0 aliphatic heterocycles. The molecule has 1 amide bonds. The molecule has 4 rings (SSSR count). The molecule has 0 aliphatic carbocycles. The Morgan fingerprint density at radius 2 is 1.93 bits per heavy atom. The molecule has 0 unspecified atom stereocenters. The number of aryl methyl sites for hydroxylation is 1. The van der Waals surface area contributed by atoms with Crippen molar-refractivity contribution in [2.24, 2.45) is 0 Å². The average molecular weight is 456 g/mol. The van der Waals surface area contributed by atoms with E-state index in [9.17, 15) is 14.7 Å². The van der Waals surface area contributed by atoms with Crippen molar-refractivity contribution in [3.8, 4) is 11.3 Å². The quantitative estimate of drug-likeness (QED) is 0.449. The molecule has 140 valence electrons. The monoisotopic (exact) mass is 455 g/mol. The number of nitrogens with zero attached hydrogens (tertiary/aromatic N) is 2. The molecule has 2 aromatic carbocycles. The Kier molecular flexibility index (Phi) is 4.74. The molecule has 0 radical (unpaired) electrons. The summed E-state index contributed by atoms with van der Waals surface area (Å²) in [6.45, 7) is 1.84. The summed E-state index contributed by atoms with van der Waals surface area (Å²) in [6.07, 6.45) is 1.90. The maximum Gasteiger partial charge on any atom is 0.337 e. The van der Waals surface area contributed by atoms with E-state index in [2.05, 4.69) is 26.2 Å². The minimum absolute atomic E-state index is 0.0214. The Balaban J connectivity index is 1.66. The van der Waals surface area contributed by atoms with Crippen molar-refractivity contribution >= 4 is 49.8 Å². The zero-order valence-corrected chi connectivity index (χ0v) is 17.0. The van der Waals surface area contributed by atoms with E-state index in [1.807, 2.05) is 47.9 Å². The number of carbonyl (C=O) groups is 2. The van der Waals surface area contributed by atoms with Crippen molar-refractivity contribution in [1.29, 1.82) is 0 Å². The van der Waals surface area contributed by atoms with Crippen LogP contribution in [0.5, 0.6) is 0 Å². The number of nitrogens with one attached hydrogen (secondary N) is 1. The van der Waals surface area contributed by atoms with Crippen molar-refractivity contribution in [3.63, 3.8) is 0 Å². The number of benzene rings is 2. The van der Waals surface area contributed by atoms with Crippen LogP contribution in [0.15, 0.2) is 59.2 Å². The van der Waals surface area contributed by atoms with E-state index in [1.165, 1.54) is 17.4 Å². The summed E-state index contributed by atoms with van der Waals surface area (Å²) >= 11 is 4.51. The molecular formula is C20H14BrN3O3S. The van der Waals surface area contributed by atoms with Crippen LogP contribution in [0.25, 0.3) is 16.2 Å². The molecule has 0 saturated heterocycles. The summed E-state index contributed by atoms with van der Waals surface area (Å²) in [5, 5.41) is 12.1. The van der Waals surface area contributed by atoms with E-state index in [4.69, 9.17) is 0 Å². The minimum Gasteiger partial charge on any atom is -0.478 e. The molecule has 0 atom stereocenters. The summed E-state index contributed by atoms with van der Waals surface area (Å²) in [4.78, 5) is 30.0. The molecule has 4 aromatic rings. The fourth-order valence-corrected chi connectivity index (χ4v) is 4.26. The fourth-order valence-electron chi connectivity index (χ4n) is 2.89. The van der Waals surface area contributed by atoms with Crippen molar-refractivity contribution in [2.75, 3.05) is 5.32 Å². The third kappa shape index (κ3) is 3.32. The molecule has 2 aromatic heterocycles. The van der Waals surface area contributed by atoms with Gasteiger partial charge in [0.25, 0.3) is 5.91 Å². The number of carbonyl (C=O) groups excluding carboxylic acids is 1. The van der Waals surface area contributed by atoms with Crippen LogP contribution in [0.1, 0.15) is 25.7 Å². The maximum atomic E-state index is 12.8. The molecule has 0 saturated carbocycles. The Morgan fingerprint density at radius 3 is 2.61 bits per heavy atom. The number of fused-ring (bicyclic) bond motifs is 1. The topological polar surface area (TPSA) is 83.7 Å². The smallest absolute Gasteiger partial charge is 0.337 e. The lowest BCUT2D eigenvalue weighted by molar-refractivity contribution is 0.0698. The normalized spacial score (nSPS) is 10.9. The molecule has 6 nitrogen and oxygen atoms in total. The van der Waals surface area contributed by atoms with Crippen molar-refractivity contribution in [2.45, 2.75) is 6.92 Å². The van der Waals surface area contributed by atoms with Crippen molar-refractivity contribution in [3.05, 3.63) is 75.3 Å². The number of rotatable bonds is 4. The lowest BCUT2D eigenvalue weighted by atomic mass is 10.1. The van der Waals surface area contributed by atoms with Gasteiger partial charge in [-0.25, -0.2) is 9.78 Å². The minimum atomic E-state index is -1.11. The number of hydrogen-bond acceptors (Lipinski definition) is 4. The molecular weight excluding hydrogens is 442 g/mol. The van der Waals surface area contributed by atoms with Gasteiger partial charge >= 0.3 is 5.97 Å². The summed E-state index contributed by atoms with van der Waals surface area (Å²) in [6, 6.07) is 14.5. The van der Waals surface area contributed by atoms with Crippen LogP contribution >= 0.6 is 27.3 Å². The molecule has 2 heterocycles. The van der Waals surface area contributed by atoms with E-state index in [-0.39, 0.29) is 17.2 Å². The first-order valence-electron chi connectivity index (χ1n) is 8.32. The SMILES string of the molecule is Cc1c(C(=O)Nc2ccc(Br)cc2C(=O)O)sc2nc(-c3ccccc3)cn12. The average Bonchev–Trinajstić information content (AvgIpc) is 3.23. The Morgan fingerprint density at radius 1 is 1.18 bits per heavy atom. The van der Waals surface area contributed by atoms with E-state index >= 15 is 0 Å². The van der Waals surface area contributed by atoms with E-state index in [1.54, 1.807) is 12.1 Å². The second kappa shape index (κ2) is 7.21. The molecule has 0 spiro atoms. The maximum absolute atomic E-state index is 12.8. The van der Waals surface area contributed by atoms with Gasteiger partial charge in [-0.15, -0.1) is 0 Å². The number of anilines is 1. The molecule has 0 bridgehead atoms. The summed E-state index contributed by atoms with van der Waals surface area (Å²) in [5.41, 5.74) is 2.86. The highest BCUT2D eigenvalue weighted by Crippen LogP contribution is 2.28. The van der Waals surface area contributed by atoms with E-state index in [0.29, 0.717) is 14.3 Å². The van der Waals surface area contributed by atoms with E-state index < -0.39 is 5.97 Å². The zero-order valence-electron chi connectivity index (χ0n) is 14.6.